The zero-order valence-electron chi connectivity index (χ0n) is 11.7. The van der Waals surface area contributed by atoms with Crippen molar-refractivity contribution in [3.05, 3.63) is 70.2 Å². The number of amides is 1. The molecule has 0 heterocycles. The van der Waals surface area contributed by atoms with Gasteiger partial charge in [0.15, 0.2) is 0 Å². The Morgan fingerprint density at radius 2 is 1.85 bits per heavy atom. The lowest BCUT2D eigenvalue weighted by Crippen LogP contribution is -2.30. The van der Waals surface area contributed by atoms with E-state index in [2.05, 4.69) is 15.9 Å². The van der Waals surface area contributed by atoms with Gasteiger partial charge in [0, 0.05) is 18.1 Å². The molecule has 0 spiro atoms. The zero-order valence-corrected chi connectivity index (χ0v) is 13.3. The number of hydrogen-bond donors (Lipinski definition) is 0. The standard InChI is InChI=1S/C17H18BrNO/c1-13(15-8-4-3-5-9-15)17(20)19(2)12-14-7-6-10-16(18)11-14/h3-11,13H,12H2,1-2H3. The van der Waals surface area contributed by atoms with E-state index in [-0.39, 0.29) is 11.8 Å². The SMILES string of the molecule is CC(C(=O)N(C)Cc1cccc(Br)c1)c1ccccc1. The van der Waals surface area contributed by atoms with Gasteiger partial charge >= 0.3 is 0 Å². The molecule has 104 valence electrons. The lowest BCUT2D eigenvalue weighted by Gasteiger charge is -2.22. The molecule has 0 aromatic heterocycles. The van der Waals surface area contributed by atoms with Crippen LogP contribution in [0.4, 0.5) is 0 Å². The van der Waals surface area contributed by atoms with Crippen LogP contribution in [-0.4, -0.2) is 17.9 Å². The molecule has 0 aliphatic heterocycles. The third kappa shape index (κ3) is 3.70. The van der Waals surface area contributed by atoms with Gasteiger partial charge in [-0.25, -0.2) is 0 Å². The second-order valence-corrected chi connectivity index (χ2v) is 5.87. The smallest absolute Gasteiger partial charge is 0.229 e. The van der Waals surface area contributed by atoms with Gasteiger partial charge in [-0.1, -0.05) is 58.4 Å². The van der Waals surface area contributed by atoms with Gasteiger partial charge in [0.25, 0.3) is 0 Å². The average Bonchev–Trinajstić information content (AvgIpc) is 2.46. The van der Waals surface area contributed by atoms with Crippen LogP contribution in [0.5, 0.6) is 0 Å². The average molecular weight is 332 g/mol. The first kappa shape index (κ1) is 14.8. The van der Waals surface area contributed by atoms with Gasteiger partial charge in [-0.3, -0.25) is 4.79 Å². The van der Waals surface area contributed by atoms with Crippen molar-refractivity contribution in [1.82, 2.24) is 4.90 Å². The summed E-state index contributed by atoms with van der Waals surface area (Å²) in [5, 5.41) is 0. The van der Waals surface area contributed by atoms with Crippen LogP contribution in [0.3, 0.4) is 0 Å². The highest BCUT2D eigenvalue weighted by Crippen LogP contribution is 2.19. The van der Waals surface area contributed by atoms with E-state index in [1.165, 1.54) is 0 Å². The Hall–Kier alpha value is -1.61. The van der Waals surface area contributed by atoms with E-state index in [9.17, 15) is 4.79 Å². The fourth-order valence-electron chi connectivity index (χ4n) is 2.20. The summed E-state index contributed by atoms with van der Waals surface area (Å²) in [7, 11) is 1.85. The molecule has 0 fully saturated rings. The van der Waals surface area contributed by atoms with E-state index in [1.807, 2.05) is 68.6 Å². The minimum absolute atomic E-state index is 0.117. The fourth-order valence-corrected chi connectivity index (χ4v) is 2.65. The predicted molar refractivity (Wildman–Crippen MR) is 85.5 cm³/mol. The molecular weight excluding hydrogens is 314 g/mol. The topological polar surface area (TPSA) is 20.3 Å². The van der Waals surface area contributed by atoms with Crippen LogP contribution in [0.25, 0.3) is 0 Å². The van der Waals surface area contributed by atoms with Crippen LogP contribution in [-0.2, 0) is 11.3 Å². The highest BCUT2D eigenvalue weighted by atomic mass is 79.9. The molecule has 0 saturated heterocycles. The molecule has 3 heteroatoms. The Kier molecular flexibility index (Phi) is 4.96. The molecular formula is C17H18BrNO. The molecule has 0 saturated carbocycles. The summed E-state index contributed by atoms with van der Waals surface area (Å²) in [6.45, 7) is 2.57. The molecule has 2 aromatic rings. The van der Waals surface area contributed by atoms with E-state index in [0.29, 0.717) is 6.54 Å². The lowest BCUT2D eigenvalue weighted by molar-refractivity contribution is -0.131. The minimum atomic E-state index is -0.117. The van der Waals surface area contributed by atoms with Crippen LogP contribution in [0.15, 0.2) is 59.1 Å². The normalized spacial score (nSPS) is 11.9. The summed E-state index contributed by atoms with van der Waals surface area (Å²) in [6.07, 6.45) is 0. The van der Waals surface area contributed by atoms with Crippen molar-refractivity contribution in [2.75, 3.05) is 7.05 Å². The summed E-state index contributed by atoms with van der Waals surface area (Å²) in [5.74, 6) is 0.0181. The molecule has 1 atom stereocenters. The first-order valence-electron chi connectivity index (χ1n) is 6.62. The number of halogens is 1. The number of likely N-dealkylation sites (N-methyl/N-ethyl adjacent to an activating group) is 1. The highest BCUT2D eigenvalue weighted by molar-refractivity contribution is 9.10. The van der Waals surface area contributed by atoms with E-state index in [1.54, 1.807) is 4.90 Å². The van der Waals surface area contributed by atoms with Crippen molar-refractivity contribution in [2.24, 2.45) is 0 Å². The molecule has 0 bridgehead atoms. The van der Waals surface area contributed by atoms with E-state index >= 15 is 0 Å². The Bertz CT molecular complexity index is 583. The first-order chi connectivity index (χ1) is 9.58. The molecule has 2 nitrogen and oxygen atoms in total. The van der Waals surface area contributed by atoms with Crippen LogP contribution in [0.1, 0.15) is 24.0 Å². The second-order valence-electron chi connectivity index (χ2n) is 4.96. The van der Waals surface area contributed by atoms with Gasteiger partial charge in [-0.2, -0.15) is 0 Å². The van der Waals surface area contributed by atoms with Gasteiger partial charge in [0.2, 0.25) is 5.91 Å². The molecule has 0 N–H and O–H groups in total. The third-order valence-electron chi connectivity index (χ3n) is 3.35. The molecule has 0 radical (unpaired) electrons. The Labute approximate surface area is 128 Å². The van der Waals surface area contributed by atoms with Crippen LogP contribution in [0, 0.1) is 0 Å². The molecule has 1 unspecified atom stereocenters. The van der Waals surface area contributed by atoms with Gasteiger partial charge in [-0.15, -0.1) is 0 Å². The largest absolute Gasteiger partial charge is 0.341 e. The first-order valence-corrected chi connectivity index (χ1v) is 7.41. The molecule has 2 aromatic carbocycles. The maximum Gasteiger partial charge on any atom is 0.229 e. The summed E-state index contributed by atoms with van der Waals surface area (Å²) < 4.78 is 1.03. The number of hydrogen-bond acceptors (Lipinski definition) is 1. The minimum Gasteiger partial charge on any atom is -0.341 e. The monoisotopic (exact) mass is 331 g/mol. The van der Waals surface area contributed by atoms with E-state index < -0.39 is 0 Å². The lowest BCUT2D eigenvalue weighted by atomic mass is 10.00. The Morgan fingerprint density at radius 1 is 1.15 bits per heavy atom. The summed E-state index contributed by atoms with van der Waals surface area (Å²) in [4.78, 5) is 14.2. The fraction of sp³-hybridized carbons (Fsp3) is 0.235. The van der Waals surface area contributed by atoms with Gasteiger partial charge in [-0.05, 0) is 30.2 Å². The van der Waals surface area contributed by atoms with Crippen LogP contribution >= 0.6 is 15.9 Å². The number of benzene rings is 2. The van der Waals surface area contributed by atoms with Crippen molar-refractivity contribution in [1.29, 1.82) is 0 Å². The van der Waals surface area contributed by atoms with Gasteiger partial charge < -0.3 is 4.90 Å². The molecule has 2 rings (SSSR count). The molecule has 0 aliphatic carbocycles. The Morgan fingerprint density at radius 3 is 2.50 bits per heavy atom. The maximum atomic E-state index is 12.4. The quantitative estimate of drug-likeness (QED) is 0.821. The number of carbonyl (C=O) groups is 1. The van der Waals surface area contributed by atoms with Gasteiger partial charge in [0.05, 0.1) is 5.92 Å². The van der Waals surface area contributed by atoms with Crippen LogP contribution in [0.2, 0.25) is 0 Å². The predicted octanol–water partition coefficient (Wildman–Crippen LogP) is 4.21. The van der Waals surface area contributed by atoms with Crippen molar-refractivity contribution >= 4 is 21.8 Å². The summed E-state index contributed by atoms with van der Waals surface area (Å²) in [6, 6.07) is 17.9. The maximum absolute atomic E-state index is 12.4. The summed E-state index contributed by atoms with van der Waals surface area (Å²) >= 11 is 3.45. The number of carbonyl (C=O) groups excluding carboxylic acids is 1. The highest BCUT2D eigenvalue weighted by Gasteiger charge is 2.19. The molecule has 1 amide bonds. The summed E-state index contributed by atoms with van der Waals surface area (Å²) in [5.41, 5.74) is 2.18. The van der Waals surface area contributed by atoms with E-state index in [4.69, 9.17) is 0 Å². The number of rotatable bonds is 4. The number of nitrogens with zero attached hydrogens (tertiary/aromatic N) is 1. The zero-order chi connectivity index (χ0) is 14.5. The van der Waals surface area contributed by atoms with Crippen molar-refractivity contribution < 1.29 is 4.79 Å². The van der Waals surface area contributed by atoms with Gasteiger partial charge in [0.1, 0.15) is 0 Å². The van der Waals surface area contributed by atoms with Crippen molar-refractivity contribution in [2.45, 2.75) is 19.4 Å². The van der Waals surface area contributed by atoms with Crippen molar-refractivity contribution in [3.63, 3.8) is 0 Å². The Balaban J connectivity index is 2.05. The second kappa shape index (κ2) is 6.71. The van der Waals surface area contributed by atoms with E-state index in [0.717, 1.165) is 15.6 Å². The third-order valence-corrected chi connectivity index (χ3v) is 3.85. The van der Waals surface area contributed by atoms with Crippen LogP contribution < -0.4 is 0 Å². The molecule has 0 aliphatic rings. The van der Waals surface area contributed by atoms with Crippen molar-refractivity contribution in [3.8, 4) is 0 Å². The molecule has 20 heavy (non-hydrogen) atoms.